The Morgan fingerprint density at radius 2 is 2.08 bits per heavy atom. The van der Waals surface area contributed by atoms with Gasteiger partial charge in [-0.25, -0.2) is 4.39 Å². The molecule has 0 radical (unpaired) electrons. The summed E-state index contributed by atoms with van der Waals surface area (Å²) < 4.78 is 23.8. The minimum absolute atomic E-state index is 0.0244. The fourth-order valence-corrected chi connectivity index (χ4v) is 2.70. The van der Waals surface area contributed by atoms with Crippen molar-refractivity contribution in [1.29, 1.82) is 0 Å². The maximum Gasteiger partial charge on any atom is 0.189 e. The Hall–Kier alpha value is -2.80. The van der Waals surface area contributed by atoms with Crippen LogP contribution in [0.5, 0.6) is 11.5 Å². The number of nitrogens with zero attached hydrogens (tertiary/aromatic N) is 1. The Kier molecular flexibility index (Phi) is 5.91. The molecule has 0 bridgehead atoms. The topological polar surface area (TPSA) is 89.1 Å². The summed E-state index contributed by atoms with van der Waals surface area (Å²) in [6.45, 7) is 0.753. The van der Waals surface area contributed by atoms with Gasteiger partial charge in [0.25, 0.3) is 0 Å². The Morgan fingerprint density at radius 3 is 2.88 bits per heavy atom. The van der Waals surface area contributed by atoms with Crippen molar-refractivity contribution in [2.75, 3.05) is 19.8 Å². The molecule has 2 atom stereocenters. The van der Waals surface area contributed by atoms with Crippen LogP contribution in [0.15, 0.2) is 53.5 Å². The Morgan fingerprint density at radius 1 is 1.31 bits per heavy atom. The molecule has 2 aromatic rings. The largest absolute Gasteiger partial charge is 0.493 e. The van der Waals surface area contributed by atoms with Crippen molar-refractivity contribution in [3.05, 3.63) is 59.9 Å². The van der Waals surface area contributed by atoms with E-state index in [0.717, 1.165) is 17.7 Å². The number of nitrogens with one attached hydrogen (secondary N) is 1. The number of hydrogen-bond acceptors (Lipinski definition) is 4. The number of aliphatic hydroxyl groups is 1. The number of aliphatic imine (C=N–C) groups is 1. The second-order valence-corrected chi connectivity index (χ2v) is 6.02. The van der Waals surface area contributed by atoms with Gasteiger partial charge in [-0.05, 0) is 30.3 Å². The van der Waals surface area contributed by atoms with Crippen molar-refractivity contribution < 1.29 is 19.0 Å². The lowest BCUT2D eigenvalue weighted by molar-refractivity contribution is 0.114. The zero-order valence-electron chi connectivity index (χ0n) is 14.3. The molecule has 0 saturated carbocycles. The van der Waals surface area contributed by atoms with Gasteiger partial charge in [-0.2, -0.15) is 0 Å². The third-order valence-corrected chi connectivity index (χ3v) is 4.01. The second-order valence-electron chi connectivity index (χ2n) is 6.02. The molecule has 0 saturated heterocycles. The van der Waals surface area contributed by atoms with Gasteiger partial charge < -0.3 is 25.6 Å². The van der Waals surface area contributed by atoms with Gasteiger partial charge in [-0.15, -0.1) is 0 Å². The molecule has 7 heteroatoms. The smallest absolute Gasteiger partial charge is 0.189 e. The monoisotopic (exact) mass is 359 g/mol. The minimum Gasteiger partial charge on any atom is -0.493 e. The summed E-state index contributed by atoms with van der Waals surface area (Å²) in [6, 6.07) is 13.4. The lowest BCUT2D eigenvalue weighted by Gasteiger charge is -2.27. The number of nitrogens with two attached hydrogens (primary N) is 1. The standard InChI is InChI=1S/C19H22FN3O3/c20-13-5-7-15(8-6-13)26-12-14(24)11-22-19(21)23-17-9-10-25-18-4-2-1-3-16(17)18/h1-8,14,17,24H,9-12H2,(H3,21,22,23). The summed E-state index contributed by atoms with van der Waals surface area (Å²) in [5.41, 5.74) is 6.98. The number of hydrogen-bond donors (Lipinski definition) is 3. The molecule has 3 rings (SSSR count). The molecule has 0 aromatic heterocycles. The van der Waals surface area contributed by atoms with Crippen LogP contribution in [0.4, 0.5) is 4.39 Å². The average Bonchev–Trinajstić information content (AvgIpc) is 2.66. The fraction of sp³-hybridized carbons (Fsp3) is 0.316. The third kappa shape index (κ3) is 4.86. The Labute approximate surface area is 151 Å². The summed E-state index contributed by atoms with van der Waals surface area (Å²) in [6.07, 6.45) is -0.0360. The van der Waals surface area contributed by atoms with Crippen LogP contribution in [0.25, 0.3) is 0 Å². The number of guanidine groups is 1. The molecule has 1 aliphatic rings. The number of fused-ring (bicyclic) bond motifs is 1. The van der Waals surface area contributed by atoms with Crippen LogP contribution in [0, 0.1) is 5.82 Å². The van der Waals surface area contributed by atoms with E-state index in [1.807, 2.05) is 24.3 Å². The number of para-hydroxylation sites is 1. The van der Waals surface area contributed by atoms with Gasteiger partial charge in [0.15, 0.2) is 5.96 Å². The van der Waals surface area contributed by atoms with E-state index >= 15 is 0 Å². The molecule has 0 aliphatic carbocycles. The highest BCUT2D eigenvalue weighted by atomic mass is 19.1. The van der Waals surface area contributed by atoms with E-state index in [4.69, 9.17) is 15.2 Å². The predicted molar refractivity (Wildman–Crippen MR) is 96.8 cm³/mol. The number of aliphatic hydroxyl groups excluding tert-OH is 1. The van der Waals surface area contributed by atoms with E-state index in [1.165, 1.54) is 24.3 Å². The normalized spacial score (nSPS) is 17.8. The van der Waals surface area contributed by atoms with Crippen LogP contribution < -0.4 is 20.5 Å². The number of ether oxygens (including phenoxy) is 2. The summed E-state index contributed by atoms with van der Waals surface area (Å²) in [5, 5.41) is 13.1. The van der Waals surface area contributed by atoms with Gasteiger partial charge >= 0.3 is 0 Å². The summed E-state index contributed by atoms with van der Waals surface area (Å²) in [5.74, 6) is 1.25. The molecule has 1 heterocycles. The molecule has 6 nitrogen and oxygen atoms in total. The zero-order valence-corrected chi connectivity index (χ0v) is 14.3. The summed E-state index contributed by atoms with van der Waals surface area (Å²) in [7, 11) is 0. The van der Waals surface area contributed by atoms with Crippen molar-refractivity contribution in [1.82, 2.24) is 5.32 Å². The van der Waals surface area contributed by atoms with Crippen molar-refractivity contribution in [3.8, 4) is 11.5 Å². The molecular weight excluding hydrogens is 337 g/mol. The Bertz CT molecular complexity index is 752. The average molecular weight is 359 g/mol. The van der Waals surface area contributed by atoms with Crippen LogP contribution in [0.1, 0.15) is 18.0 Å². The number of benzene rings is 2. The van der Waals surface area contributed by atoms with E-state index in [-0.39, 0.29) is 31.0 Å². The first kappa shape index (κ1) is 18.0. The van der Waals surface area contributed by atoms with E-state index in [2.05, 4.69) is 10.3 Å². The molecule has 4 N–H and O–H groups in total. The molecular formula is C19H22FN3O3. The third-order valence-electron chi connectivity index (χ3n) is 4.01. The summed E-state index contributed by atoms with van der Waals surface area (Å²) in [4.78, 5) is 4.17. The van der Waals surface area contributed by atoms with Gasteiger partial charge in [-0.1, -0.05) is 18.2 Å². The maximum absolute atomic E-state index is 12.8. The molecule has 26 heavy (non-hydrogen) atoms. The zero-order chi connectivity index (χ0) is 18.4. The van der Waals surface area contributed by atoms with E-state index < -0.39 is 6.10 Å². The first-order valence-corrected chi connectivity index (χ1v) is 8.46. The van der Waals surface area contributed by atoms with Crippen LogP contribution in [-0.2, 0) is 0 Å². The molecule has 2 aromatic carbocycles. The Balaban J connectivity index is 1.48. The van der Waals surface area contributed by atoms with Crippen molar-refractivity contribution in [2.45, 2.75) is 18.6 Å². The van der Waals surface area contributed by atoms with E-state index in [0.29, 0.717) is 12.4 Å². The van der Waals surface area contributed by atoms with Gasteiger partial charge in [0.1, 0.15) is 30.0 Å². The van der Waals surface area contributed by atoms with Gasteiger partial charge in [0.05, 0.1) is 19.2 Å². The summed E-state index contributed by atoms with van der Waals surface area (Å²) >= 11 is 0. The number of rotatable bonds is 6. The highest BCUT2D eigenvalue weighted by Crippen LogP contribution is 2.31. The van der Waals surface area contributed by atoms with E-state index in [9.17, 15) is 9.50 Å². The molecule has 138 valence electrons. The van der Waals surface area contributed by atoms with Crippen LogP contribution in [-0.4, -0.2) is 36.9 Å². The van der Waals surface area contributed by atoms with Crippen molar-refractivity contribution in [2.24, 2.45) is 10.7 Å². The minimum atomic E-state index is -0.817. The van der Waals surface area contributed by atoms with Crippen LogP contribution in [0.3, 0.4) is 0 Å². The van der Waals surface area contributed by atoms with E-state index in [1.54, 1.807) is 0 Å². The molecule has 0 spiro atoms. The predicted octanol–water partition coefficient (Wildman–Crippen LogP) is 1.99. The first-order valence-electron chi connectivity index (χ1n) is 8.46. The van der Waals surface area contributed by atoms with Gasteiger partial charge in [0, 0.05) is 12.0 Å². The second kappa shape index (κ2) is 8.53. The lowest BCUT2D eigenvalue weighted by atomic mass is 10.0. The maximum atomic E-state index is 12.8. The number of halogens is 1. The lowest BCUT2D eigenvalue weighted by Crippen LogP contribution is -2.38. The van der Waals surface area contributed by atoms with Crippen LogP contribution >= 0.6 is 0 Å². The molecule has 1 aliphatic heterocycles. The molecule has 0 fully saturated rings. The molecule has 0 amide bonds. The van der Waals surface area contributed by atoms with Crippen molar-refractivity contribution >= 4 is 5.96 Å². The quantitative estimate of drug-likeness (QED) is 0.542. The molecule has 2 unspecified atom stereocenters. The highest BCUT2D eigenvalue weighted by molar-refractivity contribution is 5.78. The first-order chi connectivity index (χ1) is 12.6. The fourth-order valence-electron chi connectivity index (χ4n) is 2.70. The SMILES string of the molecule is NC(=NCC(O)COc1ccc(F)cc1)NC1CCOc2ccccc21. The van der Waals surface area contributed by atoms with Crippen LogP contribution in [0.2, 0.25) is 0 Å². The van der Waals surface area contributed by atoms with Gasteiger partial charge in [0.2, 0.25) is 0 Å². The van der Waals surface area contributed by atoms with Crippen molar-refractivity contribution in [3.63, 3.8) is 0 Å². The highest BCUT2D eigenvalue weighted by Gasteiger charge is 2.21. The van der Waals surface area contributed by atoms with Gasteiger partial charge in [-0.3, -0.25) is 4.99 Å².